The van der Waals surface area contributed by atoms with Gasteiger partial charge in [-0.15, -0.1) is 0 Å². The third-order valence-electron chi connectivity index (χ3n) is 14.7. The van der Waals surface area contributed by atoms with E-state index in [9.17, 15) is 0 Å². The first-order valence-electron chi connectivity index (χ1n) is 25.8. The molecule has 378 valence electrons. The van der Waals surface area contributed by atoms with E-state index >= 15 is 0 Å². The molecule has 0 aliphatic carbocycles. The number of hydrogen-bond donors (Lipinski definition) is 0. The average Bonchev–Trinajstić information content (AvgIpc) is 4.53. The zero-order valence-corrected chi connectivity index (χ0v) is 44.7. The summed E-state index contributed by atoms with van der Waals surface area (Å²) in [5.74, 6) is 4.42. The van der Waals surface area contributed by atoms with Gasteiger partial charge in [0.25, 0.3) is 0 Å². The minimum absolute atomic E-state index is 0. The van der Waals surface area contributed by atoms with Crippen LogP contribution in [0, 0.1) is 40.4 Å². The van der Waals surface area contributed by atoms with Crippen molar-refractivity contribution in [2.45, 2.75) is 0 Å². The Balaban J connectivity index is 0.000000132. The van der Waals surface area contributed by atoms with Crippen molar-refractivity contribution in [3.63, 3.8) is 0 Å². The third-order valence-corrected chi connectivity index (χ3v) is 14.7. The maximum atomic E-state index is 4.95. The summed E-state index contributed by atoms with van der Waals surface area (Å²) < 4.78 is 0. The van der Waals surface area contributed by atoms with E-state index in [-0.39, 0.29) is 40.4 Å². The topological polar surface area (TPSA) is 211 Å². The Morgan fingerprint density at radius 1 is 0.160 bits per heavy atom. The number of fused-ring (bicyclic) bond motifs is 40. The van der Waals surface area contributed by atoms with Crippen LogP contribution >= 0.6 is 0 Å². The van der Waals surface area contributed by atoms with Crippen molar-refractivity contribution in [2.24, 2.45) is 0 Å². The molecule has 16 bridgehead atoms. The fourth-order valence-corrected chi connectivity index (χ4v) is 10.9. The Morgan fingerprint density at radius 2 is 0.284 bits per heavy atom. The first-order valence-corrected chi connectivity index (χ1v) is 25.8. The number of aromatic nitrogens is 16. The second kappa shape index (κ2) is 18.5. The molecule has 0 N–H and O–H groups in total. The van der Waals surface area contributed by atoms with Crippen molar-refractivity contribution in [1.82, 2.24) is 79.7 Å². The summed E-state index contributed by atoms with van der Waals surface area (Å²) in [5.41, 5.74) is 11.6. The van der Waals surface area contributed by atoms with Crippen LogP contribution in [0.5, 0.6) is 0 Å². The SMILES string of the molecule is [Sm].c1ccc2c(c1)-c1nc-2nc2[n-]c(nc3nc(nc4[n-]c(n1)c1ccccc41)-c1ccccc1-3)c1ccccc21.c1ccc2c(c1)-c1nc-2nc2[n-]c(nc3nc(nc4[n-]c(n1)c1ccccc41)-c1ccccc1-3)c1ccccc21. The molecule has 0 unspecified atom stereocenters. The van der Waals surface area contributed by atoms with Gasteiger partial charge in [-0.3, -0.25) is 0 Å². The first kappa shape index (κ1) is 46.9. The van der Waals surface area contributed by atoms with Crippen LogP contribution < -0.4 is 19.9 Å². The molecule has 17 heteroatoms. The largest absolute Gasteiger partial charge is 0.357 e. The van der Waals surface area contributed by atoms with Crippen molar-refractivity contribution < 1.29 is 40.4 Å². The number of hydrogen-bond acceptors (Lipinski definition) is 12. The van der Waals surface area contributed by atoms with Crippen LogP contribution in [0.2, 0.25) is 0 Å². The Bertz CT molecular complexity index is 4390. The van der Waals surface area contributed by atoms with Gasteiger partial charge in [-0.05, 0) is 43.1 Å². The van der Waals surface area contributed by atoms with Crippen LogP contribution in [0.4, 0.5) is 0 Å². The zero-order valence-electron chi connectivity index (χ0n) is 42.0. The molecule has 0 saturated heterocycles. The molecule has 4 aliphatic rings. The quantitative estimate of drug-likeness (QED) is 0.138. The van der Waals surface area contributed by atoms with E-state index < -0.39 is 0 Å². The molecular weight excluding hydrogens is 1140 g/mol. The maximum Gasteiger partial charge on any atom is 0.0927 e. The molecule has 0 spiro atoms. The predicted octanol–water partition coefficient (Wildman–Crippen LogP) is 12.3. The predicted molar refractivity (Wildman–Crippen MR) is 308 cm³/mol. The van der Waals surface area contributed by atoms with Gasteiger partial charge in [0.15, 0.2) is 0 Å². The van der Waals surface area contributed by atoms with Crippen molar-refractivity contribution >= 4 is 88.3 Å². The molecule has 14 aromatic rings. The van der Waals surface area contributed by atoms with Crippen molar-refractivity contribution in [2.75, 3.05) is 0 Å². The van der Waals surface area contributed by atoms with Crippen molar-refractivity contribution in [3.05, 3.63) is 194 Å². The van der Waals surface area contributed by atoms with E-state index in [1.165, 1.54) is 0 Å². The molecule has 10 heterocycles. The van der Waals surface area contributed by atoms with Gasteiger partial charge < -0.3 is 59.8 Å². The monoisotopic (exact) mass is 1180 g/mol. The minimum Gasteiger partial charge on any atom is -0.357 e. The van der Waals surface area contributed by atoms with Gasteiger partial charge in [0.2, 0.25) is 0 Å². The minimum atomic E-state index is 0. The molecule has 0 amide bonds. The third kappa shape index (κ3) is 7.58. The van der Waals surface area contributed by atoms with Crippen LogP contribution in [-0.4, -0.2) is 59.8 Å². The summed E-state index contributed by atoms with van der Waals surface area (Å²) in [5, 5.41) is 7.15. The fourth-order valence-electron chi connectivity index (χ4n) is 10.9. The van der Waals surface area contributed by atoms with Crippen LogP contribution in [0.3, 0.4) is 0 Å². The summed E-state index contributed by atoms with van der Waals surface area (Å²) in [6.45, 7) is 0. The van der Waals surface area contributed by atoms with Gasteiger partial charge in [0.05, 0.1) is 46.6 Å². The van der Waals surface area contributed by atoms with E-state index in [0.717, 1.165) is 87.6 Å². The van der Waals surface area contributed by atoms with Crippen LogP contribution in [0.25, 0.3) is 179 Å². The van der Waals surface area contributed by atoms with Gasteiger partial charge >= 0.3 is 0 Å². The molecule has 81 heavy (non-hydrogen) atoms. The van der Waals surface area contributed by atoms with E-state index in [1.54, 1.807) is 0 Å². The fraction of sp³-hybridized carbons (Fsp3) is 0. The molecule has 6 aromatic heterocycles. The maximum absolute atomic E-state index is 4.95. The number of rotatable bonds is 0. The second-order valence-corrected chi connectivity index (χ2v) is 19.3. The summed E-state index contributed by atoms with van der Waals surface area (Å²) in [6.07, 6.45) is 0. The van der Waals surface area contributed by atoms with Gasteiger partial charge in [-0.2, -0.15) is 0 Å². The van der Waals surface area contributed by atoms with Crippen LogP contribution in [-0.2, 0) is 0 Å². The second-order valence-electron chi connectivity index (χ2n) is 19.3. The van der Waals surface area contributed by atoms with Gasteiger partial charge in [0.1, 0.15) is 0 Å². The zero-order chi connectivity index (χ0) is 52.4. The van der Waals surface area contributed by atoms with E-state index in [2.05, 4.69) is 0 Å². The number of benzene rings is 8. The Kier molecular flexibility index (Phi) is 10.7. The average molecular weight is 1180 g/mol. The van der Waals surface area contributed by atoms with Crippen LogP contribution in [0.15, 0.2) is 194 Å². The molecule has 4 aliphatic heterocycles. The standard InChI is InChI=1S/2C32H16N8.Sm/c2*1-2-10-18-17(9-1)25-33-26(18)38-28-21-13-5-6-14-22(21)30(35-28)40-32-24-16-8-7-15-23(24)31(36-32)39-29-20-12-4-3-11-19(20)27(34-29)37-25;/h2*1-16H;/q2*-2;. The van der Waals surface area contributed by atoms with E-state index in [1.807, 2.05) is 194 Å². The number of nitrogens with zero attached hydrogens (tertiary/aromatic N) is 16. The summed E-state index contributed by atoms with van der Waals surface area (Å²) in [4.78, 5) is 78.5. The molecular formula is C64H32N16Sm-4. The smallest absolute Gasteiger partial charge is 0.0927 e. The Hall–Kier alpha value is -10.2. The van der Waals surface area contributed by atoms with Crippen molar-refractivity contribution in [3.8, 4) is 91.1 Å². The normalized spacial score (nSPS) is 11.9. The summed E-state index contributed by atoms with van der Waals surface area (Å²) in [6, 6.07) is 63.7. The van der Waals surface area contributed by atoms with Gasteiger partial charge in [-0.25, -0.2) is 19.9 Å². The van der Waals surface area contributed by atoms with E-state index in [4.69, 9.17) is 79.7 Å². The van der Waals surface area contributed by atoms with Gasteiger partial charge in [-0.1, -0.05) is 194 Å². The molecule has 8 aromatic carbocycles. The molecule has 0 atom stereocenters. The molecule has 0 radical (unpaired) electrons. The molecule has 18 rings (SSSR count). The first-order chi connectivity index (χ1) is 39.6. The van der Waals surface area contributed by atoms with Gasteiger partial charge in [0, 0.05) is 130 Å². The molecule has 16 nitrogen and oxygen atoms in total. The Morgan fingerprint density at radius 3 is 0.420 bits per heavy atom. The van der Waals surface area contributed by atoms with E-state index in [0.29, 0.717) is 91.8 Å². The van der Waals surface area contributed by atoms with Crippen molar-refractivity contribution in [1.29, 1.82) is 0 Å². The Labute approximate surface area is 489 Å². The molecule has 0 saturated carbocycles. The summed E-state index contributed by atoms with van der Waals surface area (Å²) in [7, 11) is 0. The van der Waals surface area contributed by atoms with Crippen LogP contribution in [0.1, 0.15) is 0 Å². The molecule has 0 fully saturated rings. The summed E-state index contributed by atoms with van der Waals surface area (Å²) >= 11 is 0.